The predicted octanol–water partition coefficient (Wildman–Crippen LogP) is 4.70. The van der Waals surface area contributed by atoms with Crippen molar-refractivity contribution in [3.8, 4) is 0 Å². The first-order chi connectivity index (χ1) is 12.6. The van der Waals surface area contributed by atoms with Crippen molar-refractivity contribution < 1.29 is 33.3 Å². The van der Waals surface area contributed by atoms with E-state index < -0.39 is 23.8 Å². The maximum Gasteiger partial charge on any atom is 0.303 e. The minimum atomic E-state index is -3.24. The van der Waals surface area contributed by atoms with Gasteiger partial charge < -0.3 is 14.9 Å². The summed E-state index contributed by atoms with van der Waals surface area (Å²) in [5.41, 5.74) is 0. The number of unbranched alkanes of at least 4 members (excludes halogenated alkanes) is 4. The number of ketones is 1. The van der Waals surface area contributed by atoms with Gasteiger partial charge in [0.05, 0.1) is 6.10 Å². The van der Waals surface area contributed by atoms with E-state index in [9.17, 15) is 23.5 Å². The Morgan fingerprint density at radius 3 is 2.44 bits per heavy atom. The molecule has 3 atom stereocenters. The van der Waals surface area contributed by atoms with Gasteiger partial charge in [0, 0.05) is 32.1 Å². The van der Waals surface area contributed by atoms with Crippen LogP contribution < -0.4 is 0 Å². The normalized spacial score (nSPS) is 27.7. The van der Waals surface area contributed by atoms with Gasteiger partial charge in [-0.15, -0.1) is 0 Å². The predicted molar refractivity (Wildman–Crippen MR) is 97.7 cm³/mol. The van der Waals surface area contributed by atoms with Crippen LogP contribution in [0.15, 0.2) is 0 Å². The zero-order valence-electron chi connectivity index (χ0n) is 16.5. The molecular formula is C20H34F2O5. The third-order valence-electron chi connectivity index (χ3n) is 5.30. The maximum atomic E-state index is 14.0. The van der Waals surface area contributed by atoms with Crippen molar-refractivity contribution in [1.29, 1.82) is 0 Å². The molecule has 0 bridgehead atoms. The summed E-state index contributed by atoms with van der Waals surface area (Å²) in [5, 5.41) is 18.3. The molecule has 2 aliphatic rings. The molecule has 1 saturated carbocycles. The lowest BCUT2D eigenvalue weighted by atomic mass is 9.88. The monoisotopic (exact) mass is 392 g/mol. The molecule has 5 nitrogen and oxygen atoms in total. The molecule has 0 amide bonds. The zero-order valence-corrected chi connectivity index (χ0v) is 16.5. The van der Waals surface area contributed by atoms with Gasteiger partial charge in [0.2, 0.25) is 5.79 Å². The highest BCUT2D eigenvalue weighted by Crippen LogP contribution is 2.46. The second kappa shape index (κ2) is 11.1. The van der Waals surface area contributed by atoms with Crippen LogP contribution in [0.2, 0.25) is 0 Å². The molecule has 27 heavy (non-hydrogen) atoms. The van der Waals surface area contributed by atoms with Gasteiger partial charge in [-0.2, -0.15) is 0 Å². The van der Waals surface area contributed by atoms with Crippen molar-refractivity contribution in [3.05, 3.63) is 0 Å². The number of alkyl halides is 2. The molecular weight excluding hydrogens is 358 g/mol. The Balaban J connectivity index is 0.000000345. The first-order valence-corrected chi connectivity index (χ1v) is 10.2. The van der Waals surface area contributed by atoms with E-state index in [0.717, 1.165) is 19.3 Å². The smallest absolute Gasteiger partial charge is 0.303 e. The molecule has 0 aromatic carbocycles. The minimum Gasteiger partial charge on any atom is -0.481 e. The fourth-order valence-corrected chi connectivity index (χ4v) is 3.58. The van der Waals surface area contributed by atoms with Crippen molar-refractivity contribution in [2.45, 2.75) is 109 Å². The van der Waals surface area contributed by atoms with Gasteiger partial charge in [0.15, 0.2) is 0 Å². The number of carboxylic acids is 1. The van der Waals surface area contributed by atoms with Crippen LogP contribution in [0.5, 0.6) is 0 Å². The number of aliphatic carboxylic acids is 1. The van der Waals surface area contributed by atoms with E-state index >= 15 is 0 Å². The van der Waals surface area contributed by atoms with Crippen molar-refractivity contribution in [2.24, 2.45) is 5.92 Å². The van der Waals surface area contributed by atoms with Crippen LogP contribution in [-0.2, 0) is 14.3 Å². The van der Waals surface area contributed by atoms with Crippen molar-refractivity contribution >= 4 is 11.8 Å². The molecule has 0 radical (unpaired) electrons. The van der Waals surface area contributed by atoms with E-state index in [2.05, 4.69) is 6.92 Å². The highest BCUT2D eigenvalue weighted by Gasteiger charge is 2.58. The Hall–Kier alpha value is -1.08. The number of Topliss-reactive ketones (excluding diaryl/α,β-unsaturated/α-hetero) is 1. The fourth-order valence-electron chi connectivity index (χ4n) is 3.58. The lowest BCUT2D eigenvalue weighted by molar-refractivity contribution is -0.355. The summed E-state index contributed by atoms with van der Waals surface area (Å²) >= 11 is 0. The summed E-state index contributed by atoms with van der Waals surface area (Å²) in [4.78, 5) is 21.3. The van der Waals surface area contributed by atoms with Crippen molar-refractivity contribution in [1.82, 2.24) is 0 Å². The minimum absolute atomic E-state index is 0.0137. The van der Waals surface area contributed by atoms with E-state index in [0.29, 0.717) is 32.1 Å². The highest BCUT2D eigenvalue weighted by molar-refractivity contribution is 5.81. The first-order valence-electron chi connectivity index (χ1n) is 10.2. The van der Waals surface area contributed by atoms with Crippen LogP contribution in [0, 0.1) is 5.92 Å². The zero-order chi connectivity index (χ0) is 20.5. The fraction of sp³-hybridized carbons (Fsp3) is 0.900. The van der Waals surface area contributed by atoms with Crippen LogP contribution in [0.3, 0.4) is 0 Å². The molecule has 0 aromatic heterocycles. The van der Waals surface area contributed by atoms with E-state index in [1.165, 1.54) is 6.42 Å². The van der Waals surface area contributed by atoms with Gasteiger partial charge in [-0.25, -0.2) is 8.78 Å². The van der Waals surface area contributed by atoms with Crippen LogP contribution in [0.4, 0.5) is 8.78 Å². The van der Waals surface area contributed by atoms with E-state index in [1.54, 1.807) is 0 Å². The van der Waals surface area contributed by atoms with Gasteiger partial charge in [-0.1, -0.05) is 39.5 Å². The summed E-state index contributed by atoms with van der Waals surface area (Å²) in [6.45, 7) is 3.94. The summed E-state index contributed by atoms with van der Waals surface area (Å²) in [5.74, 6) is -6.23. The van der Waals surface area contributed by atoms with E-state index in [-0.39, 0.29) is 31.0 Å². The molecule has 1 heterocycles. The quantitative estimate of drug-likeness (QED) is 0.556. The number of carbonyl (C=O) groups excluding carboxylic acids is 1. The molecule has 2 rings (SSSR count). The van der Waals surface area contributed by atoms with E-state index in [4.69, 9.17) is 9.84 Å². The topological polar surface area (TPSA) is 83.8 Å². The second-order valence-electron chi connectivity index (χ2n) is 7.70. The average molecular weight is 392 g/mol. The molecule has 1 aliphatic heterocycles. The van der Waals surface area contributed by atoms with Crippen LogP contribution in [0.25, 0.3) is 0 Å². The number of hydrogen-bond acceptors (Lipinski definition) is 4. The lowest BCUT2D eigenvalue weighted by Gasteiger charge is -2.43. The maximum absolute atomic E-state index is 14.0. The van der Waals surface area contributed by atoms with Crippen LogP contribution >= 0.6 is 0 Å². The van der Waals surface area contributed by atoms with Gasteiger partial charge in [-0.05, 0) is 25.2 Å². The van der Waals surface area contributed by atoms with Crippen LogP contribution in [-0.4, -0.2) is 39.8 Å². The lowest BCUT2D eigenvalue weighted by Crippen LogP contribution is -2.55. The largest absolute Gasteiger partial charge is 0.481 e. The number of carbonyl (C=O) groups is 2. The number of rotatable bonds is 9. The number of aliphatic hydroxyl groups is 1. The van der Waals surface area contributed by atoms with Gasteiger partial charge in [0.1, 0.15) is 5.78 Å². The Morgan fingerprint density at radius 2 is 1.85 bits per heavy atom. The van der Waals surface area contributed by atoms with Gasteiger partial charge >= 0.3 is 11.9 Å². The molecule has 1 aliphatic carbocycles. The molecule has 158 valence electrons. The Labute approximate surface area is 160 Å². The third kappa shape index (κ3) is 7.45. The second-order valence-corrected chi connectivity index (χ2v) is 7.70. The molecule has 2 fully saturated rings. The number of halogens is 2. The molecule has 7 heteroatoms. The SMILES string of the molecule is CCCCC(F)(F)[C@@]1(O)CC[C@@H]2CC(=O)CC2O1.CCCCCCC(=O)O. The number of carboxylic acid groups (broad SMARTS) is 1. The Bertz CT molecular complexity index is 483. The molecule has 1 saturated heterocycles. The van der Waals surface area contributed by atoms with E-state index in [1.807, 2.05) is 6.92 Å². The molecule has 1 unspecified atom stereocenters. The third-order valence-corrected chi connectivity index (χ3v) is 5.30. The standard InChI is InChI=1S/C13H20F2O3.C7H14O2/c1-2-3-5-12(14,15)13(17)6-4-9-7-10(16)8-11(9)18-13;1-2-3-4-5-6-7(8)9/h9,11,17H,2-8H2,1H3;2-6H2,1H3,(H,8,9)/t9-,11?,13-;/m1./s1. The Morgan fingerprint density at radius 1 is 1.19 bits per heavy atom. The summed E-state index contributed by atoms with van der Waals surface area (Å²) < 4.78 is 33.2. The van der Waals surface area contributed by atoms with Gasteiger partial charge in [0.25, 0.3) is 0 Å². The number of ether oxygens (including phenoxy) is 1. The number of fused-ring (bicyclic) bond motifs is 1. The summed E-state index contributed by atoms with van der Waals surface area (Å²) in [7, 11) is 0. The first kappa shape index (κ1) is 24.0. The Kier molecular flexibility index (Phi) is 9.81. The summed E-state index contributed by atoms with van der Waals surface area (Å²) in [6.07, 6.45) is 5.58. The molecule has 0 aromatic rings. The molecule has 0 spiro atoms. The number of hydrogen-bond donors (Lipinski definition) is 2. The highest BCUT2D eigenvalue weighted by atomic mass is 19.3. The van der Waals surface area contributed by atoms with Crippen molar-refractivity contribution in [2.75, 3.05) is 0 Å². The molecule has 2 N–H and O–H groups in total. The average Bonchev–Trinajstić information content (AvgIpc) is 2.96. The van der Waals surface area contributed by atoms with Crippen molar-refractivity contribution in [3.63, 3.8) is 0 Å². The van der Waals surface area contributed by atoms with Crippen LogP contribution in [0.1, 0.15) is 90.9 Å². The van der Waals surface area contributed by atoms with Gasteiger partial charge in [-0.3, -0.25) is 9.59 Å². The summed E-state index contributed by atoms with van der Waals surface area (Å²) in [6, 6.07) is 0.